The summed E-state index contributed by atoms with van der Waals surface area (Å²) >= 11 is 0. The van der Waals surface area contributed by atoms with E-state index in [0.717, 1.165) is 0 Å². The van der Waals surface area contributed by atoms with Crippen LogP contribution in [0.15, 0.2) is 54.6 Å². The Kier molecular flexibility index (Phi) is 19.5. The number of ether oxygens (including phenoxy) is 1. The Labute approximate surface area is 416 Å². The van der Waals surface area contributed by atoms with Crippen molar-refractivity contribution in [3.05, 3.63) is 65.7 Å². The lowest BCUT2D eigenvalue weighted by atomic mass is 9.98. The van der Waals surface area contributed by atoms with Crippen LogP contribution in [0.4, 0.5) is 0 Å². The summed E-state index contributed by atoms with van der Waals surface area (Å²) in [5.74, 6) is -6.75. The molecule has 0 spiro atoms. The second-order valence-electron chi connectivity index (χ2n) is 20.4. The van der Waals surface area contributed by atoms with Gasteiger partial charge in [-0.25, -0.2) is 4.79 Å². The number of aromatic hydroxyl groups is 1. The van der Waals surface area contributed by atoms with Crippen molar-refractivity contribution >= 4 is 53.2 Å². The summed E-state index contributed by atoms with van der Waals surface area (Å²) in [6.07, 6.45) is 0.239. The number of phenolic OH excluding ortho intramolecular Hbond substituents is 1. The van der Waals surface area contributed by atoms with Gasteiger partial charge in [-0.2, -0.15) is 0 Å². The van der Waals surface area contributed by atoms with E-state index in [4.69, 9.17) is 4.74 Å². The largest absolute Gasteiger partial charge is 0.508 e. The Morgan fingerprint density at radius 3 is 1.79 bits per heavy atom. The second kappa shape index (κ2) is 25.0. The number of esters is 1. The highest BCUT2D eigenvalue weighted by molar-refractivity contribution is 5.98. The zero-order chi connectivity index (χ0) is 52.3. The average molecular weight is 987 g/mol. The first kappa shape index (κ1) is 55.4. The number of benzene rings is 2. The number of phenols is 1. The lowest BCUT2D eigenvalue weighted by molar-refractivity contribution is -0.161. The third-order valence-corrected chi connectivity index (χ3v) is 13.3. The van der Waals surface area contributed by atoms with Gasteiger partial charge in [0.2, 0.25) is 47.3 Å². The van der Waals surface area contributed by atoms with Gasteiger partial charge in [0.25, 0.3) is 0 Å². The number of nitrogens with zero attached hydrogens (tertiary/aromatic N) is 3. The van der Waals surface area contributed by atoms with Gasteiger partial charge >= 0.3 is 5.97 Å². The summed E-state index contributed by atoms with van der Waals surface area (Å²) in [6, 6.07) is 5.30. The first-order valence-electron chi connectivity index (χ1n) is 24.9. The molecule has 3 heterocycles. The third kappa shape index (κ3) is 14.8. The molecule has 0 aromatic heterocycles. The monoisotopic (exact) mass is 987 g/mol. The summed E-state index contributed by atoms with van der Waals surface area (Å²) in [5, 5.41) is 23.9. The highest BCUT2D eigenvalue weighted by atomic mass is 16.5. The first-order chi connectivity index (χ1) is 33.6. The molecule has 0 saturated carbocycles. The normalized spacial score (nSPS) is 27.0. The standard InChI is InChI=1S/C52H74N8O11/c1-29(2)25-37-46(64)57-43(31(5)6)51(69)59-23-13-17-40(59)47(65)56-39(26-30(3)4)49(67)58(9)42(28-35-19-21-36(62)22-20-35)50(68)60-24-14-18-41(60)52(70)71-32(7)44(53-33(8)61)48(66)55-38(45(63)54-37)27-34-15-11-10-12-16-34/h10-12,15-16,19-22,29-32,37-44,62H,13-14,17-18,23-28H2,1-9H3,(H,53,61)(H,54,63)(H,55,66)(H,56,65)(H,57,64). The fraction of sp³-hybridized carbons (Fsp3) is 0.596. The van der Waals surface area contributed by atoms with Gasteiger partial charge in [0.15, 0.2) is 0 Å². The quantitative estimate of drug-likeness (QED) is 0.188. The van der Waals surface area contributed by atoms with E-state index in [1.807, 2.05) is 27.7 Å². The Morgan fingerprint density at radius 2 is 1.20 bits per heavy atom. The predicted molar refractivity (Wildman–Crippen MR) is 263 cm³/mol. The van der Waals surface area contributed by atoms with Crippen LogP contribution in [0.2, 0.25) is 0 Å². The second-order valence-corrected chi connectivity index (χ2v) is 20.4. The molecule has 2 aromatic carbocycles. The summed E-state index contributed by atoms with van der Waals surface area (Å²) < 4.78 is 5.91. The Morgan fingerprint density at radius 1 is 0.662 bits per heavy atom. The zero-order valence-corrected chi connectivity index (χ0v) is 42.6. The molecule has 8 amide bonds. The molecule has 3 aliphatic rings. The fourth-order valence-corrected chi connectivity index (χ4v) is 9.56. The van der Waals surface area contributed by atoms with Gasteiger partial charge in [-0.05, 0) is 86.5 Å². The van der Waals surface area contributed by atoms with Crippen molar-refractivity contribution in [1.82, 2.24) is 41.3 Å². The number of rotatable bonds is 10. The van der Waals surface area contributed by atoms with E-state index in [1.54, 1.807) is 56.3 Å². The molecule has 5 rings (SSSR count). The molecular weight excluding hydrogens is 913 g/mol. The zero-order valence-electron chi connectivity index (χ0n) is 42.6. The Bertz CT molecular complexity index is 2240. The summed E-state index contributed by atoms with van der Waals surface area (Å²) in [5.41, 5.74) is 1.25. The van der Waals surface area contributed by atoms with E-state index in [0.29, 0.717) is 24.0 Å². The highest BCUT2D eigenvalue weighted by Gasteiger charge is 2.45. The number of hydrogen-bond acceptors (Lipinski definition) is 11. The number of fused-ring (bicyclic) bond motifs is 2. The molecule has 19 heteroatoms. The Balaban J connectivity index is 1.60. The van der Waals surface area contributed by atoms with Crippen molar-refractivity contribution in [1.29, 1.82) is 0 Å². The maximum absolute atomic E-state index is 14.9. The maximum atomic E-state index is 14.9. The number of hydrogen-bond donors (Lipinski definition) is 6. The molecule has 0 bridgehead atoms. The van der Waals surface area contributed by atoms with Crippen LogP contribution in [0.1, 0.15) is 105 Å². The molecule has 9 unspecified atom stereocenters. The highest BCUT2D eigenvalue weighted by Crippen LogP contribution is 2.26. The van der Waals surface area contributed by atoms with Crippen LogP contribution in [0.3, 0.4) is 0 Å². The van der Waals surface area contributed by atoms with E-state index < -0.39 is 114 Å². The molecular formula is C52H74N8O11. The van der Waals surface area contributed by atoms with Crippen molar-refractivity contribution < 1.29 is 53.0 Å². The molecule has 3 saturated heterocycles. The molecule has 6 N–H and O–H groups in total. The topological polar surface area (TPSA) is 253 Å². The molecule has 19 nitrogen and oxygen atoms in total. The first-order valence-corrected chi connectivity index (χ1v) is 24.9. The number of carbonyl (C=O) groups excluding carboxylic acids is 9. The van der Waals surface area contributed by atoms with E-state index in [1.165, 1.54) is 47.7 Å². The van der Waals surface area contributed by atoms with Crippen molar-refractivity contribution in [3.63, 3.8) is 0 Å². The van der Waals surface area contributed by atoms with Crippen LogP contribution in [0.5, 0.6) is 5.75 Å². The molecule has 388 valence electrons. The molecule has 2 aromatic rings. The van der Waals surface area contributed by atoms with Gasteiger partial charge in [0, 0.05) is 39.9 Å². The van der Waals surface area contributed by atoms with Crippen LogP contribution in [-0.4, -0.2) is 148 Å². The molecule has 3 aliphatic heterocycles. The van der Waals surface area contributed by atoms with Crippen molar-refractivity contribution in [3.8, 4) is 5.75 Å². The summed E-state index contributed by atoms with van der Waals surface area (Å²) in [4.78, 5) is 133. The summed E-state index contributed by atoms with van der Waals surface area (Å²) in [7, 11) is 1.46. The van der Waals surface area contributed by atoms with Gasteiger partial charge in [0.1, 0.15) is 60.2 Å². The van der Waals surface area contributed by atoms with Crippen LogP contribution in [-0.2, 0) is 60.7 Å². The van der Waals surface area contributed by atoms with Gasteiger partial charge in [-0.3, -0.25) is 38.4 Å². The number of cyclic esters (lactones) is 1. The predicted octanol–water partition coefficient (Wildman–Crippen LogP) is 2.12. The lowest BCUT2D eigenvalue weighted by Crippen LogP contribution is -2.61. The minimum atomic E-state index is -1.52. The molecule has 71 heavy (non-hydrogen) atoms. The van der Waals surface area contributed by atoms with E-state index in [9.17, 15) is 48.3 Å². The Hall–Kier alpha value is -6.53. The van der Waals surface area contributed by atoms with Crippen molar-refractivity contribution in [2.24, 2.45) is 17.8 Å². The van der Waals surface area contributed by atoms with Crippen molar-refractivity contribution in [2.45, 2.75) is 161 Å². The molecule has 3 fully saturated rings. The minimum absolute atomic E-state index is 0.0111. The SMILES string of the molecule is CC(=O)NC1C(=O)NC(Cc2ccccc2)C(=O)NC(CC(C)C)C(=O)NC(C(C)C)C(=O)N2CCCC2C(=O)NC(CC(C)C)C(=O)N(C)C(Cc2ccc(O)cc2)C(=O)N2CCCC2C(=O)OC1C. The average Bonchev–Trinajstić information content (AvgIpc) is 4.02. The van der Waals surface area contributed by atoms with E-state index in [2.05, 4.69) is 26.6 Å². The molecule has 0 aliphatic carbocycles. The van der Waals surface area contributed by atoms with Gasteiger partial charge < -0.3 is 51.1 Å². The van der Waals surface area contributed by atoms with Crippen LogP contribution >= 0.6 is 0 Å². The number of nitrogens with one attached hydrogen (secondary N) is 5. The van der Waals surface area contributed by atoms with Gasteiger partial charge in [0.05, 0.1) is 0 Å². The van der Waals surface area contributed by atoms with Crippen molar-refractivity contribution in [2.75, 3.05) is 20.1 Å². The van der Waals surface area contributed by atoms with Crippen LogP contribution in [0, 0.1) is 17.8 Å². The molecule has 0 radical (unpaired) electrons. The van der Waals surface area contributed by atoms with Gasteiger partial charge in [-0.15, -0.1) is 0 Å². The van der Waals surface area contributed by atoms with E-state index in [-0.39, 0.29) is 69.2 Å². The number of carbonyl (C=O) groups is 9. The van der Waals surface area contributed by atoms with Crippen LogP contribution in [0.25, 0.3) is 0 Å². The van der Waals surface area contributed by atoms with E-state index >= 15 is 0 Å². The van der Waals surface area contributed by atoms with Gasteiger partial charge in [-0.1, -0.05) is 84.0 Å². The molecule has 9 atom stereocenters. The fourth-order valence-electron chi connectivity index (χ4n) is 9.56. The van der Waals surface area contributed by atoms with Crippen LogP contribution < -0.4 is 26.6 Å². The lowest BCUT2D eigenvalue weighted by Gasteiger charge is -2.36. The maximum Gasteiger partial charge on any atom is 0.329 e. The smallest absolute Gasteiger partial charge is 0.329 e. The third-order valence-electron chi connectivity index (χ3n) is 13.3. The number of amides is 8. The summed E-state index contributed by atoms with van der Waals surface area (Å²) in [6.45, 7) is 13.9. The minimum Gasteiger partial charge on any atom is -0.508 e. The number of likely N-dealkylation sites (N-methyl/N-ethyl adjacent to an activating group) is 1.